The lowest BCUT2D eigenvalue weighted by molar-refractivity contribution is 0.202. The van der Waals surface area contributed by atoms with E-state index in [-0.39, 0.29) is 0 Å². The van der Waals surface area contributed by atoms with Crippen LogP contribution in [0.2, 0.25) is 0 Å². The maximum Gasteiger partial charge on any atom is 0.141 e. The summed E-state index contributed by atoms with van der Waals surface area (Å²) in [6, 6.07) is 0. The van der Waals surface area contributed by atoms with Crippen LogP contribution in [0.4, 0.5) is 0 Å². The first-order chi connectivity index (χ1) is 7.74. The molecule has 2 rings (SSSR count). The molecule has 2 heterocycles. The second kappa shape index (κ2) is 5.03. The van der Waals surface area contributed by atoms with Gasteiger partial charge < -0.3 is 5.11 Å². The molecule has 2 aromatic rings. The van der Waals surface area contributed by atoms with E-state index >= 15 is 0 Å². The lowest BCUT2D eigenvalue weighted by Crippen LogP contribution is -2.10. The van der Waals surface area contributed by atoms with Gasteiger partial charge in [0.15, 0.2) is 0 Å². The van der Waals surface area contributed by atoms with Crippen molar-refractivity contribution in [1.82, 2.24) is 18.5 Å². The van der Waals surface area contributed by atoms with Gasteiger partial charge >= 0.3 is 0 Å². The van der Waals surface area contributed by atoms with E-state index in [1.165, 1.54) is 0 Å². The Kier molecular flexibility index (Phi) is 3.67. The predicted molar refractivity (Wildman–Crippen MR) is 64.2 cm³/mol. The molecule has 1 unspecified atom stereocenters. The molecule has 0 bridgehead atoms. The second-order valence-electron chi connectivity index (χ2n) is 3.34. The SMILES string of the molecule is CCCn1ncc(Br)c1C(O)c1cnsn1. The van der Waals surface area contributed by atoms with Crippen LogP contribution in [0.15, 0.2) is 16.9 Å². The van der Waals surface area contributed by atoms with E-state index in [0.29, 0.717) is 5.69 Å². The first-order valence-corrected chi connectivity index (χ1v) is 6.43. The van der Waals surface area contributed by atoms with Gasteiger partial charge in [-0.15, -0.1) is 0 Å². The van der Waals surface area contributed by atoms with Crippen LogP contribution in [-0.2, 0) is 6.54 Å². The van der Waals surface area contributed by atoms with E-state index in [1.54, 1.807) is 17.1 Å². The molecule has 2 aromatic heterocycles. The van der Waals surface area contributed by atoms with E-state index in [2.05, 4.69) is 36.7 Å². The van der Waals surface area contributed by atoms with Gasteiger partial charge in [-0.2, -0.15) is 13.8 Å². The summed E-state index contributed by atoms with van der Waals surface area (Å²) in [4.78, 5) is 0. The van der Waals surface area contributed by atoms with Crippen LogP contribution in [-0.4, -0.2) is 23.6 Å². The number of halogens is 1. The van der Waals surface area contributed by atoms with Crippen LogP contribution in [0.25, 0.3) is 0 Å². The van der Waals surface area contributed by atoms with Crippen molar-refractivity contribution in [2.24, 2.45) is 0 Å². The second-order valence-corrected chi connectivity index (χ2v) is 4.75. The third kappa shape index (κ3) is 2.16. The first kappa shape index (κ1) is 11.7. The number of aryl methyl sites for hydroxylation is 1. The maximum atomic E-state index is 10.2. The summed E-state index contributed by atoms with van der Waals surface area (Å²) in [5, 5.41) is 14.4. The van der Waals surface area contributed by atoms with Crippen LogP contribution in [0, 0.1) is 0 Å². The fourth-order valence-electron chi connectivity index (χ4n) is 1.47. The summed E-state index contributed by atoms with van der Waals surface area (Å²) < 4.78 is 10.5. The Bertz CT molecular complexity index is 456. The van der Waals surface area contributed by atoms with Crippen molar-refractivity contribution in [2.75, 3.05) is 0 Å². The largest absolute Gasteiger partial charge is 0.380 e. The third-order valence-corrected chi connectivity index (χ3v) is 3.29. The minimum absolute atomic E-state index is 0.559. The molecule has 0 aromatic carbocycles. The molecule has 0 saturated carbocycles. The van der Waals surface area contributed by atoms with E-state index < -0.39 is 6.10 Å². The predicted octanol–water partition coefficient (Wildman–Crippen LogP) is 1.99. The Morgan fingerprint density at radius 2 is 2.38 bits per heavy atom. The normalized spacial score (nSPS) is 12.9. The zero-order valence-corrected chi connectivity index (χ0v) is 11.1. The van der Waals surface area contributed by atoms with Crippen LogP contribution in [0.1, 0.15) is 30.8 Å². The lowest BCUT2D eigenvalue weighted by Gasteiger charge is -2.11. The fraction of sp³-hybridized carbons (Fsp3) is 0.444. The first-order valence-electron chi connectivity index (χ1n) is 4.90. The third-order valence-electron chi connectivity index (χ3n) is 2.19. The van der Waals surface area contributed by atoms with E-state index in [1.807, 2.05) is 0 Å². The highest BCUT2D eigenvalue weighted by atomic mass is 79.9. The van der Waals surface area contributed by atoms with Gasteiger partial charge in [0.05, 0.1) is 34.3 Å². The number of aliphatic hydroxyl groups is 1. The molecule has 0 aliphatic carbocycles. The van der Waals surface area contributed by atoms with Gasteiger partial charge in [0, 0.05) is 6.54 Å². The molecule has 0 spiro atoms. The Labute approximate surface area is 106 Å². The van der Waals surface area contributed by atoms with Gasteiger partial charge in [-0.3, -0.25) is 4.68 Å². The van der Waals surface area contributed by atoms with Crippen LogP contribution < -0.4 is 0 Å². The Hall–Kier alpha value is -0.790. The summed E-state index contributed by atoms with van der Waals surface area (Å²) in [6.45, 7) is 2.84. The Morgan fingerprint density at radius 1 is 1.56 bits per heavy atom. The molecular formula is C9H11BrN4OS. The molecule has 0 saturated heterocycles. The van der Waals surface area contributed by atoms with E-state index in [4.69, 9.17) is 0 Å². The molecule has 0 aliphatic heterocycles. The Morgan fingerprint density at radius 3 is 3.00 bits per heavy atom. The van der Waals surface area contributed by atoms with E-state index in [0.717, 1.165) is 34.9 Å². The summed E-state index contributed by atoms with van der Waals surface area (Å²) in [6.07, 6.45) is 3.45. The molecule has 0 amide bonds. The topological polar surface area (TPSA) is 63.8 Å². The van der Waals surface area contributed by atoms with E-state index in [9.17, 15) is 5.11 Å². The highest BCUT2D eigenvalue weighted by molar-refractivity contribution is 9.10. The van der Waals surface area contributed by atoms with Crippen molar-refractivity contribution >= 4 is 27.7 Å². The molecule has 7 heteroatoms. The van der Waals surface area contributed by atoms with Crippen molar-refractivity contribution in [3.63, 3.8) is 0 Å². The number of aliphatic hydroxyl groups excluding tert-OH is 1. The van der Waals surface area contributed by atoms with Gasteiger partial charge in [0.25, 0.3) is 0 Å². The molecular weight excluding hydrogens is 292 g/mol. The van der Waals surface area contributed by atoms with Gasteiger partial charge in [-0.25, -0.2) is 0 Å². The summed E-state index contributed by atoms with van der Waals surface area (Å²) in [7, 11) is 0. The minimum Gasteiger partial charge on any atom is -0.380 e. The van der Waals surface area contributed by atoms with Crippen molar-refractivity contribution in [1.29, 1.82) is 0 Å². The zero-order chi connectivity index (χ0) is 11.5. The average Bonchev–Trinajstić information content (AvgIpc) is 2.88. The van der Waals surface area contributed by atoms with Crippen LogP contribution in [0.3, 0.4) is 0 Å². The maximum absolute atomic E-state index is 10.2. The molecule has 0 aliphatic rings. The standard InChI is InChI=1S/C9H11BrN4OS/c1-2-3-14-8(6(10)4-11-14)9(15)7-5-12-16-13-7/h4-5,9,15H,2-3H2,1H3. The molecule has 1 N–H and O–H groups in total. The molecule has 5 nitrogen and oxygen atoms in total. The number of hydrogen-bond donors (Lipinski definition) is 1. The average molecular weight is 303 g/mol. The van der Waals surface area contributed by atoms with Gasteiger partial charge in [-0.05, 0) is 22.4 Å². The molecule has 16 heavy (non-hydrogen) atoms. The fourth-order valence-corrected chi connectivity index (χ4v) is 2.42. The molecule has 86 valence electrons. The summed E-state index contributed by atoms with van der Waals surface area (Å²) in [5.41, 5.74) is 1.29. The number of rotatable bonds is 4. The van der Waals surface area contributed by atoms with Crippen LogP contribution >= 0.6 is 27.7 Å². The van der Waals surface area contributed by atoms with Gasteiger partial charge in [0.1, 0.15) is 11.8 Å². The number of hydrogen-bond acceptors (Lipinski definition) is 5. The van der Waals surface area contributed by atoms with Crippen LogP contribution in [0.5, 0.6) is 0 Å². The summed E-state index contributed by atoms with van der Waals surface area (Å²) >= 11 is 4.47. The highest BCUT2D eigenvalue weighted by Crippen LogP contribution is 2.27. The van der Waals surface area contributed by atoms with Crippen molar-refractivity contribution in [3.05, 3.63) is 28.3 Å². The van der Waals surface area contributed by atoms with Gasteiger partial charge in [0.2, 0.25) is 0 Å². The molecule has 1 atom stereocenters. The number of aromatic nitrogens is 4. The lowest BCUT2D eigenvalue weighted by atomic mass is 10.2. The van der Waals surface area contributed by atoms with Crippen molar-refractivity contribution in [2.45, 2.75) is 26.0 Å². The molecule has 0 radical (unpaired) electrons. The minimum atomic E-state index is -0.776. The quantitative estimate of drug-likeness (QED) is 0.938. The Balaban J connectivity index is 2.35. The highest BCUT2D eigenvalue weighted by Gasteiger charge is 2.21. The van der Waals surface area contributed by atoms with Crippen molar-refractivity contribution < 1.29 is 5.11 Å². The van der Waals surface area contributed by atoms with Crippen molar-refractivity contribution in [3.8, 4) is 0 Å². The van der Waals surface area contributed by atoms with Gasteiger partial charge in [-0.1, -0.05) is 6.92 Å². The smallest absolute Gasteiger partial charge is 0.141 e. The molecule has 0 fully saturated rings. The monoisotopic (exact) mass is 302 g/mol. The summed E-state index contributed by atoms with van der Waals surface area (Å²) in [5.74, 6) is 0. The zero-order valence-electron chi connectivity index (χ0n) is 8.67. The number of nitrogens with zero attached hydrogens (tertiary/aromatic N) is 4.